The molecule has 2 atom stereocenters. The summed E-state index contributed by atoms with van der Waals surface area (Å²) >= 11 is 0. The third-order valence-corrected chi connectivity index (χ3v) is 7.98. The lowest BCUT2D eigenvalue weighted by atomic mass is 9.89. The summed E-state index contributed by atoms with van der Waals surface area (Å²) in [6, 6.07) is 19.1. The number of carbonyl (C=O) groups excluding carboxylic acids is 2. The predicted octanol–water partition coefficient (Wildman–Crippen LogP) is 8.16. The molecule has 228 valence electrons. The molecule has 2 aliphatic carbocycles. The van der Waals surface area contributed by atoms with E-state index >= 15 is 0 Å². The summed E-state index contributed by atoms with van der Waals surface area (Å²) in [5.41, 5.74) is 3.16. The molecule has 0 aromatic heterocycles. The first-order valence-corrected chi connectivity index (χ1v) is 15.6. The molecule has 2 unspecified atom stereocenters. The first kappa shape index (κ1) is 31.8. The molecule has 0 saturated heterocycles. The van der Waals surface area contributed by atoms with Gasteiger partial charge in [0.05, 0.1) is 5.56 Å². The van der Waals surface area contributed by atoms with Gasteiger partial charge in [0.15, 0.2) is 0 Å². The third-order valence-electron chi connectivity index (χ3n) is 7.98. The minimum atomic E-state index is -0.570. The molecule has 42 heavy (non-hydrogen) atoms. The number of nitrogens with zero attached hydrogens (tertiary/aromatic N) is 1. The molecule has 2 aromatic carbocycles. The van der Waals surface area contributed by atoms with Crippen LogP contribution in [-0.4, -0.2) is 46.3 Å². The number of hydrogen-bond acceptors (Lipinski definition) is 5. The molecule has 0 heterocycles. The lowest BCUT2D eigenvalue weighted by molar-refractivity contribution is 0.00616. The standard InChI is InChI=1S/C36H50N2O4/c1-8-27(22-25-12-10-9-11-13-25)31-23-32(31)37-29-18-20-30(21-19-29)38(34(40)42-36(5,6)7)24-26-14-16-28(17-15-26)33(39)41-35(2,3)4/h9-17,22,29-32,37H,8,18-21,23-24H2,1-7H3/b27-22+/t29-,30+,31?,32?. The molecule has 2 fully saturated rings. The molecule has 2 saturated carbocycles. The number of benzene rings is 2. The number of esters is 1. The number of hydrogen-bond donors (Lipinski definition) is 1. The van der Waals surface area contributed by atoms with Gasteiger partial charge in [0.25, 0.3) is 0 Å². The maximum Gasteiger partial charge on any atom is 0.410 e. The molecule has 0 aliphatic heterocycles. The fourth-order valence-electron chi connectivity index (χ4n) is 5.82. The molecule has 1 N–H and O–H groups in total. The van der Waals surface area contributed by atoms with E-state index in [1.54, 1.807) is 12.1 Å². The molecule has 2 aliphatic rings. The summed E-state index contributed by atoms with van der Waals surface area (Å²) in [6.07, 6.45) is 8.31. The van der Waals surface area contributed by atoms with Crippen LogP contribution in [-0.2, 0) is 16.0 Å². The zero-order valence-electron chi connectivity index (χ0n) is 26.6. The van der Waals surface area contributed by atoms with Crippen LogP contribution in [0.5, 0.6) is 0 Å². The van der Waals surface area contributed by atoms with Crippen LogP contribution in [0.1, 0.15) is 108 Å². The molecular weight excluding hydrogens is 524 g/mol. The lowest BCUT2D eigenvalue weighted by Crippen LogP contribution is -2.47. The van der Waals surface area contributed by atoms with Crippen LogP contribution in [0.4, 0.5) is 4.79 Å². The fraction of sp³-hybridized carbons (Fsp3) is 0.556. The van der Waals surface area contributed by atoms with Gasteiger partial charge in [0.1, 0.15) is 11.2 Å². The van der Waals surface area contributed by atoms with Crippen molar-refractivity contribution in [2.24, 2.45) is 5.92 Å². The van der Waals surface area contributed by atoms with E-state index in [1.165, 1.54) is 17.6 Å². The van der Waals surface area contributed by atoms with Gasteiger partial charge in [-0.15, -0.1) is 0 Å². The average molecular weight is 575 g/mol. The van der Waals surface area contributed by atoms with E-state index in [-0.39, 0.29) is 18.1 Å². The second kappa shape index (κ2) is 13.5. The van der Waals surface area contributed by atoms with E-state index in [4.69, 9.17) is 9.47 Å². The second-order valence-corrected chi connectivity index (χ2v) is 13.9. The fourth-order valence-corrected chi connectivity index (χ4v) is 5.82. The van der Waals surface area contributed by atoms with Gasteiger partial charge in [0.2, 0.25) is 0 Å². The maximum atomic E-state index is 13.4. The Morgan fingerprint density at radius 1 is 0.881 bits per heavy atom. The molecule has 6 nitrogen and oxygen atoms in total. The van der Waals surface area contributed by atoms with E-state index in [0.717, 1.165) is 37.7 Å². The Hall–Kier alpha value is -3.12. The van der Waals surface area contributed by atoms with Crippen LogP contribution in [0.25, 0.3) is 6.08 Å². The van der Waals surface area contributed by atoms with Gasteiger partial charge in [-0.25, -0.2) is 9.59 Å². The van der Waals surface area contributed by atoms with E-state index in [0.29, 0.717) is 30.1 Å². The maximum absolute atomic E-state index is 13.4. The lowest BCUT2D eigenvalue weighted by Gasteiger charge is -2.38. The highest BCUT2D eigenvalue weighted by Gasteiger charge is 2.41. The molecule has 2 aromatic rings. The Labute approximate surface area is 252 Å². The van der Waals surface area contributed by atoms with Gasteiger partial charge in [-0.1, -0.05) is 61.0 Å². The normalized spacial score (nSPS) is 22.8. The van der Waals surface area contributed by atoms with E-state index in [9.17, 15) is 9.59 Å². The number of rotatable bonds is 9. The molecule has 0 spiro atoms. The summed E-state index contributed by atoms with van der Waals surface area (Å²) in [5, 5.41) is 3.93. The highest BCUT2D eigenvalue weighted by Crippen LogP contribution is 2.41. The summed E-state index contributed by atoms with van der Waals surface area (Å²) in [5.74, 6) is 0.276. The summed E-state index contributed by atoms with van der Waals surface area (Å²) < 4.78 is 11.3. The van der Waals surface area contributed by atoms with E-state index in [1.807, 2.05) is 58.6 Å². The SMILES string of the molecule is CC/C(=C\c1ccccc1)C1CC1N[C@H]1CC[C@@H](N(Cc2ccc(C(=O)OC(C)(C)C)cc2)C(=O)OC(C)(C)C)CC1. The molecular formula is C36H50N2O4. The number of nitrogens with one attached hydrogen (secondary N) is 1. The van der Waals surface area contributed by atoms with Crippen molar-refractivity contribution < 1.29 is 19.1 Å². The minimum Gasteiger partial charge on any atom is -0.456 e. The number of carbonyl (C=O) groups is 2. The van der Waals surface area contributed by atoms with Crippen LogP contribution in [0.15, 0.2) is 60.2 Å². The molecule has 6 heteroatoms. The monoisotopic (exact) mass is 574 g/mol. The quantitative estimate of drug-likeness (QED) is 0.306. The van der Waals surface area contributed by atoms with Gasteiger partial charge in [-0.05, 0) is 109 Å². The molecule has 4 rings (SSSR count). The average Bonchev–Trinajstić information content (AvgIpc) is 3.68. The highest BCUT2D eigenvalue weighted by molar-refractivity contribution is 5.89. The van der Waals surface area contributed by atoms with Crippen LogP contribution in [0, 0.1) is 5.92 Å². The molecule has 1 amide bonds. The highest BCUT2D eigenvalue weighted by atomic mass is 16.6. The first-order valence-electron chi connectivity index (χ1n) is 15.6. The predicted molar refractivity (Wildman–Crippen MR) is 169 cm³/mol. The van der Waals surface area contributed by atoms with Crippen molar-refractivity contribution in [1.82, 2.24) is 10.2 Å². The first-order chi connectivity index (χ1) is 19.8. The van der Waals surface area contributed by atoms with Crippen molar-refractivity contribution in [1.29, 1.82) is 0 Å². The van der Waals surface area contributed by atoms with E-state index in [2.05, 4.69) is 48.6 Å². The van der Waals surface area contributed by atoms with Crippen molar-refractivity contribution in [2.45, 2.75) is 123 Å². The van der Waals surface area contributed by atoms with Crippen LogP contribution >= 0.6 is 0 Å². The topological polar surface area (TPSA) is 67.9 Å². The molecule has 0 radical (unpaired) electrons. The minimum absolute atomic E-state index is 0.114. The van der Waals surface area contributed by atoms with Crippen molar-refractivity contribution in [2.75, 3.05) is 0 Å². The Kier molecular flexibility index (Phi) is 10.2. The Bertz CT molecular complexity index is 1220. The molecule has 0 bridgehead atoms. The largest absolute Gasteiger partial charge is 0.456 e. The Morgan fingerprint density at radius 2 is 1.50 bits per heavy atom. The smallest absolute Gasteiger partial charge is 0.410 e. The van der Waals surface area contributed by atoms with Gasteiger partial charge in [0, 0.05) is 24.7 Å². The van der Waals surface area contributed by atoms with Crippen molar-refractivity contribution in [3.05, 3.63) is 76.9 Å². The van der Waals surface area contributed by atoms with Crippen LogP contribution in [0.2, 0.25) is 0 Å². The zero-order chi connectivity index (χ0) is 30.5. The van der Waals surface area contributed by atoms with E-state index < -0.39 is 11.2 Å². The van der Waals surface area contributed by atoms with Gasteiger partial charge in [-0.2, -0.15) is 0 Å². The van der Waals surface area contributed by atoms with Gasteiger partial charge < -0.3 is 19.7 Å². The Balaban J connectivity index is 1.35. The number of ether oxygens (including phenoxy) is 2. The van der Waals surface area contributed by atoms with Crippen molar-refractivity contribution in [3.8, 4) is 0 Å². The summed E-state index contributed by atoms with van der Waals surface area (Å²) in [4.78, 5) is 27.7. The second-order valence-electron chi connectivity index (χ2n) is 13.9. The van der Waals surface area contributed by atoms with Gasteiger partial charge in [-0.3, -0.25) is 0 Å². The Morgan fingerprint density at radius 3 is 2.07 bits per heavy atom. The van der Waals surface area contributed by atoms with Crippen molar-refractivity contribution in [3.63, 3.8) is 0 Å². The summed E-state index contributed by atoms with van der Waals surface area (Å²) in [7, 11) is 0. The summed E-state index contributed by atoms with van der Waals surface area (Å²) in [6.45, 7) is 14.0. The van der Waals surface area contributed by atoms with Gasteiger partial charge >= 0.3 is 12.1 Å². The van der Waals surface area contributed by atoms with Crippen molar-refractivity contribution >= 4 is 18.1 Å². The van der Waals surface area contributed by atoms with Crippen LogP contribution in [0.3, 0.4) is 0 Å². The number of amides is 1. The zero-order valence-corrected chi connectivity index (χ0v) is 26.6. The third kappa shape index (κ3) is 9.45. The van der Waals surface area contributed by atoms with Crippen LogP contribution < -0.4 is 5.32 Å².